The molecular weight excluding hydrogens is 144 g/mol. The van der Waals surface area contributed by atoms with Crippen LogP contribution in [-0.4, -0.2) is 18.4 Å². The van der Waals surface area contributed by atoms with E-state index >= 15 is 0 Å². The predicted molar refractivity (Wildman–Crippen MR) is 58.5 cm³/mol. The fourth-order valence-electron chi connectivity index (χ4n) is 1.11. The van der Waals surface area contributed by atoms with E-state index in [-0.39, 0.29) is 0 Å². The molecule has 0 aliphatic carbocycles. The highest BCUT2D eigenvalue weighted by atomic mass is 14.6. The van der Waals surface area contributed by atoms with Crippen molar-refractivity contribution < 1.29 is 0 Å². The number of rotatable bonds is 2. The summed E-state index contributed by atoms with van der Waals surface area (Å²) in [4.78, 5) is 4.23. The van der Waals surface area contributed by atoms with Crippen LogP contribution in [0.25, 0.3) is 0 Å². The summed E-state index contributed by atoms with van der Waals surface area (Å²) in [7, 11) is 0. The molecule has 1 aromatic heterocycles. The lowest BCUT2D eigenvalue weighted by Gasteiger charge is -2.06. The molecule has 1 rings (SSSR count). The molecule has 0 saturated heterocycles. The molecule has 0 radical (unpaired) electrons. The largest absolute Gasteiger partial charge is 0.266 e. The SMILES string of the molecule is CB(C)c1cncc(B(C)C)c1. The van der Waals surface area contributed by atoms with Crippen molar-refractivity contribution in [1.82, 2.24) is 4.98 Å². The van der Waals surface area contributed by atoms with E-state index in [0.29, 0.717) is 13.4 Å². The first-order chi connectivity index (χ1) is 5.61. The normalized spacial score (nSPS) is 9.67. The molecule has 0 aromatic carbocycles. The third-order valence-electron chi connectivity index (χ3n) is 2.11. The first-order valence-electron chi connectivity index (χ1n) is 4.56. The smallest absolute Gasteiger partial charge is 0.171 e. The lowest BCUT2D eigenvalue weighted by atomic mass is 9.46. The number of hydrogen-bond acceptors (Lipinski definition) is 1. The minimum atomic E-state index is 0.580. The highest BCUT2D eigenvalue weighted by molar-refractivity contribution is 6.73. The quantitative estimate of drug-likeness (QED) is 0.586. The molecule has 0 N–H and O–H groups in total. The van der Waals surface area contributed by atoms with Gasteiger partial charge in [0.25, 0.3) is 0 Å². The second-order valence-electron chi connectivity index (χ2n) is 3.86. The summed E-state index contributed by atoms with van der Waals surface area (Å²) in [6, 6.07) is 2.25. The Bertz CT molecular complexity index is 235. The number of nitrogens with zero attached hydrogens (tertiary/aromatic N) is 1. The van der Waals surface area contributed by atoms with E-state index in [4.69, 9.17) is 0 Å². The fraction of sp³-hybridized carbons (Fsp3) is 0.444. The van der Waals surface area contributed by atoms with Gasteiger partial charge in [0.15, 0.2) is 13.4 Å². The van der Waals surface area contributed by atoms with Crippen LogP contribution in [0.1, 0.15) is 0 Å². The first kappa shape index (κ1) is 9.37. The van der Waals surface area contributed by atoms with Gasteiger partial charge in [-0.2, -0.15) is 0 Å². The minimum Gasteiger partial charge on any atom is -0.266 e. The highest BCUT2D eigenvalue weighted by Crippen LogP contribution is 1.86. The number of aromatic nitrogens is 1. The average Bonchev–Trinajstić information content (AvgIpc) is 2.04. The fourth-order valence-corrected chi connectivity index (χ4v) is 1.11. The van der Waals surface area contributed by atoms with Gasteiger partial charge in [0, 0.05) is 12.4 Å². The molecule has 0 amide bonds. The van der Waals surface area contributed by atoms with Crippen LogP contribution in [-0.2, 0) is 0 Å². The monoisotopic (exact) mass is 159 g/mol. The second kappa shape index (κ2) is 3.79. The van der Waals surface area contributed by atoms with Gasteiger partial charge in [-0.05, 0) is 0 Å². The number of hydrogen-bond donors (Lipinski definition) is 0. The lowest BCUT2D eigenvalue weighted by molar-refractivity contribution is 1.36. The van der Waals surface area contributed by atoms with Crippen molar-refractivity contribution in [2.24, 2.45) is 0 Å². The van der Waals surface area contributed by atoms with Gasteiger partial charge in [-0.3, -0.25) is 4.98 Å². The van der Waals surface area contributed by atoms with Gasteiger partial charge in [-0.15, -0.1) is 0 Å². The Morgan fingerprint density at radius 3 is 1.67 bits per heavy atom. The van der Waals surface area contributed by atoms with Crippen LogP contribution >= 0.6 is 0 Å². The predicted octanol–water partition coefficient (Wildman–Crippen LogP) is 1.00. The first-order valence-corrected chi connectivity index (χ1v) is 4.56. The van der Waals surface area contributed by atoms with Gasteiger partial charge in [0.1, 0.15) is 0 Å². The lowest BCUT2D eigenvalue weighted by Crippen LogP contribution is -2.32. The summed E-state index contributed by atoms with van der Waals surface area (Å²) in [5.74, 6) is 0. The Labute approximate surface area is 75.8 Å². The molecular formula is C9H15B2N. The maximum absolute atomic E-state index is 4.23. The van der Waals surface area contributed by atoms with Crippen molar-refractivity contribution in [2.75, 3.05) is 0 Å². The van der Waals surface area contributed by atoms with Crippen molar-refractivity contribution in [1.29, 1.82) is 0 Å². The van der Waals surface area contributed by atoms with E-state index < -0.39 is 0 Å². The van der Waals surface area contributed by atoms with E-state index in [0.717, 1.165) is 0 Å². The molecule has 0 fully saturated rings. The van der Waals surface area contributed by atoms with Crippen LogP contribution in [0.2, 0.25) is 27.3 Å². The van der Waals surface area contributed by atoms with E-state index in [2.05, 4.69) is 38.3 Å². The zero-order valence-corrected chi connectivity index (χ0v) is 8.33. The molecule has 0 atom stereocenters. The third-order valence-corrected chi connectivity index (χ3v) is 2.11. The van der Waals surface area contributed by atoms with Gasteiger partial charge in [0.05, 0.1) is 0 Å². The molecule has 0 saturated carbocycles. The minimum absolute atomic E-state index is 0.580. The second-order valence-corrected chi connectivity index (χ2v) is 3.86. The van der Waals surface area contributed by atoms with Crippen LogP contribution in [0.3, 0.4) is 0 Å². The van der Waals surface area contributed by atoms with E-state index in [9.17, 15) is 0 Å². The van der Waals surface area contributed by atoms with E-state index in [1.54, 1.807) is 0 Å². The number of pyridine rings is 1. The molecule has 1 heterocycles. The molecule has 0 aliphatic heterocycles. The van der Waals surface area contributed by atoms with E-state index in [1.807, 2.05) is 12.4 Å². The standard InChI is InChI=1S/C9H15B2N/c1-10(2)8-5-9(11(3)4)7-12-6-8/h5-7H,1-4H3. The van der Waals surface area contributed by atoms with Gasteiger partial charge in [0.2, 0.25) is 0 Å². The van der Waals surface area contributed by atoms with Crippen molar-refractivity contribution >= 4 is 24.4 Å². The molecule has 0 unspecified atom stereocenters. The summed E-state index contributed by atoms with van der Waals surface area (Å²) < 4.78 is 0. The Morgan fingerprint density at radius 1 is 0.917 bits per heavy atom. The van der Waals surface area contributed by atoms with Crippen molar-refractivity contribution in [3.05, 3.63) is 18.5 Å². The highest BCUT2D eigenvalue weighted by Gasteiger charge is 2.07. The molecule has 62 valence electrons. The van der Waals surface area contributed by atoms with Crippen LogP contribution in [0, 0.1) is 0 Å². The van der Waals surface area contributed by atoms with Crippen molar-refractivity contribution in [2.45, 2.75) is 27.3 Å². The topological polar surface area (TPSA) is 12.9 Å². The summed E-state index contributed by atoms with van der Waals surface area (Å²) in [5.41, 5.74) is 2.67. The van der Waals surface area contributed by atoms with Crippen LogP contribution in [0.5, 0.6) is 0 Å². The molecule has 3 heteroatoms. The maximum atomic E-state index is 4.23. The molecule has 0 spiro atoms. The van der Waals surface area contributed by atoms with Crippen LogP contribution in [0.15, 0.2) is 18.5 Å². The summed E-state index contributed by atoms with van der Waals surface area (Å²) >= 11 is 0. The van der Waals surface area contributed by atoms with E-state index in [1.165, 1.54) is 10.9 Å². The zero-order valence-electron chi connectivity index (χ0n) is 8.33. The maximum Gasteiger partial charge on any atom is 0.171 e. The summed E-state index contributed by atoms with van der Waals surface area (Å²) in [6.45, 7) is 9.94. The zero-order chi connectivity index (χ0) is 9.14. The Morgan fingerprint density at radius 2 is 1.33 bits per heavy atom. The Hall–Kier alpha value is -0.720. The van der Waals surface area contributed by atoms with Crippen molar-refractivity contribution in [3.63, 3.8) is 0 Å². The Balaban J connectivity index is 2.96. The summed E-state index contributed by atoms with van der Waals surface area (Å²) in [5, 5.41) is 0. The molecule has 1 nitrogen and oxygen atoms in total. The van der Waals surface area contributed by atoms with Crippen LogP contribution in [0.4, 0.5) is 0 Å². The Kier molecular flexibility index (Phi) is 2.96. The van der Waals surface area contributed by atoms with Gasteiger partial charge in [-0.1, -0.05) is 44.3 Å². The molecule has 12 heavy (non-hydrogen) atoms. The third kappa shape index (κ3) is 2.13. The molecule has 0 aliphatic rings. The van der Waals surface area contributed by atoms with Crippen molar-refractivity contribution in [3.8, 4) is 0 Å². The molecule has 1 aromatic rings. The van der Waals surface area contributed by atoms with Gasteiger partial charge in [-0.25, -0.2) is 0 Å². The van der Waals surface area contributed by atoms with Gasteiger partial charge < -0.3 is 0 Å². The summed E-state index contributed by atoms with van der Waals surface area (Å²) in [6.07, 6.45) is 3.91. The van der Waals surface area contributed by atoms with Gasteiger partial charge >= 0.3 is 0 Å². The van der Waals surface area contributed by atoms with Crippen LogP contribution < -0.4 is 10.9 Å². The molecule has 0 bridgehead atoms. The average molecular weight is 159 g/mol.